The van der Waals surface area contributed by atoms with Gasteiger partial charge in [0.25, 0.3) is 5.91 Å². The van der Waals surface area contributed by atoms with E-state index in [-0.39, 0.29) is 11.6 Å². The Hall–Kier alpha value is -2.38. The van der Waals surface area contributed by atoms with Crippen LogP contribution in [0, 0.1) is 0 Å². The molecule has 0 aliphatic rings. The van der Waals surface area contributed by atoms with Gasteiger partial charge in [0.15, 0.2) is 0 Å². The number of nitrogens with zero attached hydrogens (tertiary/aromatic N) is 2. The smallest absolute Gasteiger partial charge is 0.347 e. The minimum atomic E-state index is -4.52. The zero-order valence-electron chi connectivity index (χ0n) is 11.1. The summed E-state index contributed by atoms with van der Waals surface area (Å²) in [6.45, 7) is 1.86. The zero-order chi connectivity index (χ0) is 15.5. The number of aromatic nitrogens is 3. The highest BCUT2D eigenvalue weighted by atomic mass is 19.4. The quantitative estimate of drug-likeness (QED) is 0.911. The number of rotatable bonds is 4. The van der Waals surface area contributed by atoms with Gasteiger partial charge in [-0.05, 0) is 18.6 Å². The second kappa shape index (κ2) is 5.94. The molecule has 1 unspecified atom stereocenters. The molecule has 2 N–H and O–H groups in total. The lowest BCUT2D eigenvalue weighted by atomic mass is 10.2. The van der Waals surface area contributed by atoms with Crippen molar-refractivity contribution < 1.29 is 18.0 Å². The molecule has 0 spiro atoms. The number of imidazole rings is 1. The van der Waals surface area contributed by atoms with Gasteiger partial charge in [0.05, 0.1) is 11.6 Å². The highest BCUT2D eigenvalue weighted by Gasteiger charge is 2.32. The van der Waals surface area contributed by atoms with E-state index >= 15 is 0 Å². The Kier molecular flexibility index (Phi) is 4.25. The van der Waals surface area contributed by atoms with E-state index in [9.17, 15) is 18.0 Å². The van der Waals surface area contributed by atoms with Crippen molar-refractivity contribution in [3.05, 3.63) is 47.8 Å². The molecule has 0 radical (unpaired) electrons. The maximum atomic E-state index is 12.4. The van der Waals surface area contributed by atoms with Crippen molar-refractivity contribution in [1.29, 1.82) is 0 Å². The molecule has 8 heteroatoms. The number of aromatic amines is 1. The molecule has 1 atom stereocenters. The molecule has 1 amide bonds. The first kappa shape index (κ1) is 15.0. The molecule has 112 valence electrons. The highest BCUT2D eigenvalue weighted by molar-refractivity contribution is 5.94. The molecule has 2 heterocycles. The van der Waals surface area contributed by atoms with Crippen molar-refractivity contribution in [2.24, 2.45) is 0 Å². The lowest BCUT2D eigenvalue weighted by Crippen LogP contribution is -2.29. The molecule has 2 aromatic heterocycles. The first-order valence-electron chi connectivity index (χ1n) is 6.25. The summed E-state index contributed by atoms with van der Waals surface area (Å²) in [7, 11) is 0. The molecule has 0 saturated carbocycles. The molecule has 21 heavy (non-hydrogen) atoms. The van der Waals surface area contributed by atoms with Gasteiger partial charge in [-0.15, -0.1) is 0 Å². The van der Waals surface area contributed by atoms with Gasteiger partial charge in [-0.25, -0.2) is 4.98 Å². The molecular formula is C13H13F3N4O. The van der Waals surface area contributed by atoms with Gasteiger partial charge in [0, 0.05) is 18.6 Å². The van der Waals surface area contributed by atoms with E-state index in [4.69, 9.17) is 0 Å². The Labute approximate surface area is 118 Å². The van der Waals surface area contributed by atoms with Crippen LogP contribution in [-0.2, 0) is 6.18 Å². The molecule has 0 aliphatic heterocycles. The minimum absolute atomic E-state index is 0.0630. The van der Waals surface area contributed by atoms with Gasteiger partial charge in [0.1, 0.15) is 11.5 Å². The van der Waals surface area contributed by atoms with Crippen molar-refractivity contribution >= 4 is 5.91 Å². The molecule has 0 saturated heterocycles. The number of halogens is 3. The summed E-state index contributed by atoms with van der Waals surface area (Å²) in [5, 5.41) is 2.69. The molecular weight excluding hydrogens is 285 g/mol. The number of alkyl halides is 3. The van der Waals surface area contributed by atoms with Crippen molar-refractivity contribution in [2.45, 2.75) is 25.6 Å². The zero-order valence-corrected chi connectivity index (χ0v) is 11.1. The summed E-state index contributed by atoms with van der Waals surface area (Å²) in [5.74, 6) is 0.0881. The van der Waals surface area contributed by atoms with E-state index < -0.39 is 17.8 Å². The topological polar surface area (TPSA) is 70.7 Å². The monoisotopic (exact) mass is 298 g/mol. The Morgan fingerprint density at radius 1 is 1.38 bits per heavy atom. The van der Waals surface area contributed by atoms with Crippen LogP contribution < -0.4 is 5.32 Å². The van der Waals surface area contributed by atoms with Crippen LogP contribution in [0.3, 0.4) is 0 Å². The van der Waals surface area contributed by atoms with E-state index in [1.54, 1.807) is 12.4 Å². The molecule has 0 fully saturated rings. The van der Waals surface area contributed by atoms with Crippen molar-refractivity contribution in [3.63, 3.8) is 0 Å². The fraction of sp³-hybridized carbons (Fsp3) is 0.308. The summed E-state index contributed by atoms with van der Waals surface area (Å²) in [4.78, 5) is 22.2. The largest absolute Gasteiger partial charge is 0.433 e. The summed E-state index contributed by atoms with van der Waals surface area (Å²) in [5.41, 5.74) is -0.967. The lowest BCUT2D eigenvalue weighted by Gasteiger charge is -2.14. The highest BCUT2D eigenvalue weighted by Crippen LogP contribution is 2.27. The lowest BCUT2D eigenvalue weighted by molar-refractivity contribution is -0.141. The van der Waals surface area contributed by atoms with E-state index in [0.29, 0.717) is 12.2 Å². The van der Waals surface area contributed by atoms with E-state index in [2.05, 4.69) is 20.3 Å². The van der Waals surface area contributed by atoms with Crippen molar-refractivity contribution in [2.75, 3.05) is 0 Å². The first-order chi connectivity index (χ1) is 9.91. The number of nitrogens with one attached hydrogen (secondary N) is 2. The van der Waals surface area contributed by atoms with E-state index in [1.807, 2.05) is 6.92 Å². The SMILES string of the molecule is CCC(NC(=O)c1ccc(C(F)(F)F)nc1)c1ncc[nH]1. The predicted molar refractivity (Wildman–Crippen MR) is 68.3 cm³/mol. The molecule has 5 nitrogen and oxygen atoms in total. The Balaban J connectivity index is 2.09. The normalized spacial score (nSPS) is 13.0. The second-order valence-corrected chi connectivity index (χ2v) is 4.34. The van der Waals surface area contributed by atoms with Crippen molar-refractivity contribution in [3.8, 4) is 0 Å². The van der Waals surface area contributed by atoms with Gasteiger partial charge in [-0.3, -0.25) is 9.78 Å². The molecule has 0 aliphatic carbocycles. The van der Waals surface area contributed by atoms with Gasteiger partial charge in [-0.2, -0.15) is 13.2 Å². The number of hydrogen-bond donors (Lipinski definition) is 2. The average Bonchev–Trinajstić information content (AvgIpc) is 2.97. The second-order valence-electron chi connectivity index (χ2n) is 4.34. The van der Waals surface area contributed by atoms with Crippen LogP contribution >= 0.6 is 0 Å². The van der Waals surface area contributed by atoms with Gasteiger partial charge in [0.2, 0.25) is 0 Å². The fourth-order valence-corrected chi connectivity index (χ4v) is 1.77. The Morgan fingerprint density at radius 2 is 2.14 bits per heavy atom. The maximum absolute atomic E-state index is 12.4. The maximum Gasteiger partial charge on any atom is 0.433 e. The number of pyridine rings is 1. The molecule has 2 aromatic rings. The number of carbonyl (C=O) groups excluding carboxylic acids is 1. The molecule has 0 aromatic carbocycles. The minimum Gasteiger partial charge on any atom is -0.347 e. The van der Waals surface area contributed by atoms with Crippen LogP contribution in [0.15, 0.2) is 30.7 Å². The summed E-state index contributed by atoms with van der Waals surface area (Å²) < 4.78 is 37.2. The number of carbonyl (C=O) groups is 1. The van der Waals surface area contributed by atoms with Crippen molar-refractivity contribution in [1.82, 2.24) is 20.3 Å². The average molecular weight is 298 g/mol. The summed E-state index contributed by atoms with van der Waals surface area (Å²) in [6.07, 6.45) is 0.170. The Bertz CT molecular complexity index is 593. The third-order valence-corrected chi connectivity index (χ3v) is 2.88. The summed E-state index contributed by atoms with van der Waals surface area (Å²) >= 11 is 0. The van der Waals surface area contributed by atoms with Gasteiger partial charge < -0.3 is 10.3 Å². The molecule has 0 bridgehead atoms. The van der Waals surface area contributed by atoms with Gasteiger partial charge in [-0.1, -0.05) is 6.92 Å². The number of amides is 1. The first-order valence-corrected chi connectivity index (χ1v) is 6.25. The van der Waals surface area contributed by atoms with E-state index in [0.717, 1.165) is 18.3 Å². The van der Waals surface area contributed by atoms with Crippen LogP contribution in [0.5, 0.6) is 0 Å². The standard InChI is InChI=1S/C13H13F3N4O/c1-2-9(11-17-5-6-18-11)20-12(21)8-3-4-10(19-7-8)13(14,15)16/h3-7,9H,2H2,1H3,(H,17,18)(H,20,21). The predicted octanol–water partition coefficient (Wildman–Crippen LogP) is 2.70. The Morgan fingerprint density at radius 3 is 2.62 bits per heavy atom. The van der Waals surface area contributed by atoms with E-state index in [1.165, 1.54) is 0 Å². The van der Waals surface area contributed by atoms with Crippen LogP contribution in [0.25, 0.3) is 0 Å². The van der Waals surface area contributed by atoms with Crippen LogP contribution in [0.1, 0.15) is 41.3 Å². The number of hydrogen-bond acceptors (Lipinski definition) is 3. The van der Waals surface area contributed by atoms with Crippen LogP contribution in [0.2, 0.25) is 0 Å². The number of H-pyrrole nitrogens is 1. The van der Waals surface area contributed by atoms with Crippen LogP contribution in [-0.4, -0.2) is 20.9 Å². The third kappa shape index (κ3) is 3.59. The van der Waals surface area contributed by atoms with Gasteiger partial charge >= 0.3 is 6.18 Å². The fourth-order valence-electron chi connectivity index (χ4n) is 1.77. The summed E-state index contributed by atoms with van der Waals surface area (Å²) in [6, 6.07) is 1.54. The molecule has 2 rings (SSSR count). The van der Waals surface area contributed by atoms with Crippen LogP contribution in [0.4, 0.5) is 13.2 Å². The third-order valence-electron chi connectivity index (χ3n) is 2.88.